The molecule has 0 aliphatic rings. The van der Waals surface area contributed by atoms with Gasteiger partial charge in [0, 0.05) is 12.2 Å². The topological polar surface area (TPSA) is 220 Å². The van der Waals surface area contributed by atoms with Crippen molar-refractivity contribution in [2.24, 2.45) is 23.1 Å². The van der Waals surface area contributed by atoms with Crippen LogP contribution in [0.15, 0.2) is 0 Å². The van der Waals surface area contributed by atoms with Crippen LogP contribution in [0.5, 0.6) is 0 Å². The first-order valence-electron chi connectivity index (χ1n) is 10.9. The fourth-order valence-corrected chi connectivity index (χ4v) is 3.08. The molecule has 0 heterocycles. The molecule has 13 heteroatoms. The number of carbonyl (C=O) groups is 5. The van der Waals surface area contributed by atoms with Crippen LogP contribution in [-0.4, -0.2) is 71.2 Å². The summed E-state index contributed by atoms with van der Waals surface area (Å²) in [7, 11) is 0. The van der Waals surface area contributed by atoms with Crippen molar-refractivity contribution in [3.05, 3.63) is 0 Å². The molecule has 0 aromatic heterocycles. The highest BCUT2D eigenvalue weighted by Crippen LogP contribution is 2.08. The molecule has 0 fully saturated rings. The number of nitrogens with one attached hydrogen (secondary N) is 3. The van der Waals surface area contributed by atoms with Gasteiger partial charge in [-0.3, -0.25) is 19.2 Å². The van der Waals surface area contributed by atoms with Gasteiger partial charge in [0.15, 0.2) is 0 Å². The van der Waals surface area contributed by atoms with E-state index in [0.717, 1.165) is 0 Å². The number of carboxylic acids is 1. The summed E-state index contributed by atoms with van der Waals surface area (Å²) in [6, 6.07) is -4.34. The normalized spacial score (nSPS) is 14.6. The summed E-state index contributed by atoms with van der Waals surface area (Å²) in [5, 5.41) is 16.9. The van der Waals surface area contributed by atoms with Crippen molar-refractivity contribution in [2.45, 2.75) is 76.5 Å². The van der Waals surface area contributed by atoms with Crippen LogP contribution in [0.4, 0.5) is 0 Å². The molecular formula is C20H38N6O6S. The Labute approximate surface area is 199 Å². The van der Waals surface area contributed by atoms with Gasteiger partial charge in [-0.1, -0.05) is 13.8 Å². The maximum atomic E-state index is 12.9. The monoisotopic (exact) mass is 490 g/mol. The van der Waals surface area contributed by atoms with Gasteiger partial charge in [0.25, 0.3) is 0 Å². The van der Waals surface area contributed by atoms with Gasteiger partial charge in [0.2, 0.25) is 23.6 Å². The van der Waals surface area contributed by atoms with E-state index >= 15 is 0 Å². The summed E-state index contributed by atoms with van der Waals surface area (Å²) in [5.41, 5.74) is 16.3. The zero-order valence-corrected chi connectivity index (χ0v) is 20.1. The van der Waals surface area contributed by atoms with E-state index in [1.165, 1.54) is 0 Å². The molecule has 0 aliphatic heterocycles. The molecule has 4 amide bonds. The Hall–Kier alpha value is -2.38. The van der Waals surface area contributed by atoms with Gasteiger partial charge in [-0.2, -0.15) is 12.6 Å². The fourth-order valence-electron chi connectivity index (χ4n) is 2.92. The van der Waals surface area contributed by atoms with Crippen molar-refractivity contribution in [1.29, 1.82) is 0 Å². The molecule has 0 aliphatic carbocycles. The van der Waals surface area contributed by atoms with E-state index in [-0.39, 0.29) is 37.4 Å². The molecule has 0 aromatic carbocycles. The maximum Gasteiger partial charge on any atom is 0.326 e. The smallest absolute Gasteiger partial charge is 0.326 e. The Morgan fingerprint density at radius 2 is 1.39 bits per heavy atom. The Balaban J connectivity index is 5.52. The third-order valence-corrected chi connectivity index (χ3v) is 5.14. The van der Waals surface area contributed by atoms with Crippen LogP contribution in [0.25, 0.3) is 0 Å². The predicted molar refractivity (Wildman–Crippen MR) is 126 cm³/mol. The first-order chi connectivity index (χ1) is 15.4. The predicted octanol–water partition coefficient (Wildman–Crippen LogP) is -1.78. The number of hydrogen-bond donors (Lipinski definition) is 8. The van der Waals surface area contributed by atoms with E-state index in [9.17, 15) is 29.1 Å². The summed E-state index contributed by atoms with van der Waals surface area (Å²) < 4.78 is 0. The summed E-state index contributed by atoms with van der Waals surface area (Å²) in [6.45, 7) is 4.03. The molecule has 33 heavy (non-hydrogen) atoms. The van der Waals surface area contributed by atoms with E-state index in [2.05, 4.69) is 28.6 Å². The lowest BCUT2D eigenvalue weighted by molar-refractivity contribution is -0.142. The van der Waals surface area contributed by atoms with Gasteiger partial charge in [-0.15, -0.1) is 0 Å². The highest BCUT2D eigenvalue weighted by molar-refractivity contribution is 7.80. The number of carboxylic acid groups (broad SMARTS) is 1. The van der Waals surface area contributed by atoms with Crippen LogP contribution in [0.3, 0.4) is 0 Å². The molecule has 4 unspecified atom stereocenters. The van der Waals surface area contributed by atoms with Gasteiger partial charge in [-0.25, -0.2) is 4.79 Å². The Bertz CT molecular complexity index is 677. The largest absolute Gasteiger partial charge is 0.480 e. The van der Waals surface area contributed by atoms with Crippen molar-refractivity contribution in [2.75, 3.05) is 12.3 Å². The lowest BCUT2D eigenvalue weighted by atomic mass is 10.0. The summed E-state index contributed by atoms with van der Waals surface area (Å²) in [6.07, 6.45) is 1.22. The summed E-state index contributed by atoms with van der Waals surface area (Å²) in [4.78, 5) is 60.6. The highest BCUT2D eigenvalue weighted by atomic mass is 32.1. The lowest BCUT2D eigenvalue weighted by Gasteiger charge is -2.25. The number of primary amides is 1. The Morgan fingerprint density at radius 3 is 1.85 bits per heavy atom. The second kappa shape index (κ2) is 16.3. The van der Waals surface area contributed by atoms with Crippen LogP contribution in [0, 0.1) is 5.92 Å². The molecule has 0 aromatic rings. The zero-order valence-electron chi connectivity index (χ0n) is 19.2. The van der Waals surface area contributed by atoms with Crippen molar-refractivity contribution in [1.82, 2.24) is 16.0 Å². The van der Waals surface area contributed by atoms with E-state index in [4.69, 9.17) is 17.2 Å². The fraction of sp³-hybridized carbons (Fsp3) is 0.750. The number of aliphatic carboxylic acids is 1. The molecule has 4 atom stereocenters. The number of carbonyl (C=O) groups excluding carboxylic acids is 4. The molecule has 0 radical (unpaired) electrons. The minimum Gasteiger partial charge on any atom is -0.480 e. The van der Waals surface area contributed by atoms with Gasteiger partial charge in [-0.05, 0) is 44.6 Å². The number of amides is 4. The molecule has 0 rings (SSSR count). The average Bonchev–Trinajstić information content (AvgIpc) is 2.73. The number of thiol groups is 1. The van der Waals surface area contributed by atoms with Crippen LogP contribution in [0.2, 0.25) is 0 Å². The molecule has 0 saturated heterocycles. The summed E-state index contributed by atoms with van der Waals surface area (Å²) in [5.74, 6) is -3.85. The maximum absolute atomic E-state index is 12.9. The highest BCUT2D eigenvalue weighted by Gasteiger charge is 2.30. The minimum absolute atomic E-state index is 0.0149. The minimum atomic E-state index is -1.18. The standard InChI is InChI=1S/C20H38N6O6S/c1-11(2)9-15(20(31)32)26-18(29)13(5-3-4-8-21)25-19(30)14(6-7-16(23)27)24-17(28)12(22)10-33/h11-15,33H,3-10,21-22H2,1-2H3,(H2,23,27)(H,24,28)(H,25,30)(H,26,29)(H,31,32). The van der Waals surface area contributed by atoms with Crippen LogP contribution < -0.4 is 33.2 Å². The lowest BCUT2D eigenvalue weighted by Crippen LogP contribution is -2.57. The molecular weight excluding hydrogens is 452 g/mol. The van der Waals surface area contributed by atoms with E-state index < -0.39 is 53.8 Å². The van der Waals surface area contributed by atoms with Gasteiger partial charge < -0.3 is 38.3 Å². The zero-order chi connectivity index (χ0) is 25.6. The molecule has 10 N–H and O–H groups in total. The Kier molecular flexibility index (Phi) is 15.1. The van der Waals surface area contributed by atoms with Crippen LogP contribution in [0.1, 0.15) is 52.4 Å². The van der Waals surface area contributed by atoms with Crippen molar-refractivity contribution in [3.63, 3.8) is 0 Å². The number of unbranched alkanes of at least 4 members (excludes halogenated alkanes) is 1. The number of hydrogen-bond acceptors (Lipinski definition) is 8. The van der Waals surface area contributed by atoms with Crippen LogP contribution in [-0.2, 0) is 24.0 Å². The van der Waals surface area contributed by atoms with E-state index in [1.54, 1.807) is 0 Å². The molecule has 12 nitrogen and oxygen atoms in total. The Morgan fingerprint density at radius 1 is 0.879 bits per heavy atom. The first kappa shape index (κ1) is 30.6. The second-order valence-electron chi connectivity index (χ2n) is 8.23. The van der Waals surface area contributed by atoms with Crippen molar-refractivity contribution in [3.8, 4) is 0 Å². The number of nitrogens with two attached hydrogens (primary N) is 3. The van der Waals surface area contributed by atoms with Gasteiger partial charge >= 0.3 is 5.97 Å². The average molecular weight is 491 g/mol. The van der Waals surface area contributed by atoms with Crippen LogP contribution >= 0.6 is 12.6 Å². The SMILES string of the molecule is CC(C)CC(NC(=O)C(CCCCN)NC(=O)C(CCC(N)=O)NC(=O)C(N)CS)C(=O)O. The molecule has 0 bridgehead atoms. The first-order valence-corrected chi connectivity index (χ1v) is 11.5. The van der Waals surface area contributed by atoms with E-state index in [0.29, 0.717) is 19.4 Å². The molecule has 190 valence electrons. The third-order valence-electron chi connectivity index (χ3n) is 4.75. The summed E-state index contributed by atoms with van der Waals surface area (Å²) >= 11 is 3.94. The van der Waals surface area contributed by atoms with Crippen molar-refractivity contribution >= 4 is 42.2 Å². The number of rotatable bonds is 17. The van der Waals surface area contributed by atoms with E-state index in [1.807, 2.05) is 13.8 Å². The molecule has 0 saturated carbocycles. The van der Waals surface area contributed by atoms with Crippen molar-refractivity contribution < 1.29 is 29.1 Å². The van der Waals surface area contributed by atoms with Gasteiger partial charge in [0.05, 0.1) is 6.04 Å². The quantitative estimate of drug-likeness (QED) is 0.0858. The van der Waals surface area contributed by atoms with Gasteiger partial charge in [0.1, 0.15) is 18.1 Å². The molecule has 0 spiro atoms. The third kappa shape index (κ3) is 13.0. The second-order valence-corrected chi connectivity index (χ2v) is 8.59.